The van der Waals surface area contributed by atoms with Gasteiger partial charge in [0.2, 0.25) is 0 Å². The van der Waals surface area contributed by atoms with Crippen LogP contribution in [0.3, 0.4) is 0 Å². The van der Waals surface area contributed by atoms with Crippen molar-refractivity contribution in [2.45, 2.75) is 0 Å². The molecule has 1 aromatic carbocycles. The predicted molar refractivity (Wildman–Crippen MR) is 69.6 cm³/mol. The van der Waals surface area contributed by atoms with E-state index >= 15 is 0 Å². The molecule has 2 aromatic heterocycles. The van der Waals surface area contributed by atoms with Crippen molar-refractivity contribution < 1.29 is 14.6 Å². The number of benzene rings is 1. The number of thiophene rings is 1. The number of rotatable bonds is 2. The summed E-state index contributed by atoms with van der Waals surface area (Å²) in [6, 6.07) is 3.52. The molecule has 0 amide bonds. The zero-order valence-corrected chi connectivity index (χ0v) is 10.6. The van der Waals surface area contributed by atoms with E-state index in [0.29, 0.717) is 10.6 Å². The molecule has 0 saturated carbocycles. The maximum atomic E-state index is 11.0. The second-order valence-electron chi connectivity index (χ2n) is 3.97. The van der Waals surface area contributed by atoms with Crippen molar-refractivity contribution in [3.63, 3.8) is 0 Å². The van der Waals surface area contributed by atoms with E-state index in [0.717, 1.165) is 21.0 Å². The molecule has 0 aliphatic heterocycles. The molecule has 0 fully saturated rings. The van der Waals surface area contributed by atoms with Gasteiger partial charge in [-0.15, -0.1) is 11.3 Å². The number of ether oxygens (including phenoxy) is 1. The van der Waals surface area contributed by atoms with Crippen molar-refractivity contribution >= 4 is 38.3 Å². The van der Waals surface area contributed by atoms with Gasteiger partial charge in [-0.05, 0) is 6.07 Å². The van der Waals surface area contributed by atoms with Gasteiger partial charge in [-0.1, -0.05) is 0 Å². The molecule has 3 aromatic rings. The van der Waals surface area contributed by atoms with Crippen LogP contribution in [0, 0.1) is 0 Å². The Morgan fingerprint density at radius 2 is 2.22 bits per heavy atom. The molecule has 3 rings (SSSR count). The molecule has 6 heteroatoms. The van der Waals surface area contributed by atoms with Crippen LogP contribution in [0.2, 0.25) is 0 Å². The lowest BCUT2D eigenvalue weighted by molar-refractivity contribution is 0.0702. The molecule has 0 radical (unpaired) electrons. The van der Waals surface area contributed by atoms with Crippen LogP contribution in [0.25, 0.3) is 21.0 Å². The van der Waals surface area contributed by atoms with Gasteiger partial charge in [0.25, 0.3) is 0 Å². The van der Waals surface area contributed by atoms with Crippen molar-refractivity contribution in [2.24, 2.45) is 7.05 Å². The zero-order valence-electron chi connectivity index (χ0n) is 9.80. The number of aromatic carboxylic acids is 1. The number of aryl methyl sites for hydroxylation is 1. The minimum Gasteiger partial charge on any atom is -0.494 e. The Labute approximate surface area is 106 Å². The summed E-state index contributed by atoms with van der Waals surface area (Å²) in [5, 5.41) is 15.2. The minimum atomic E-state index is -0.910. The second kappa shape index (κ2) is 3.71. The highest BCUT2D eigenvalue weighted by atomic mass is 32.1. The van der Waals surface area contributed by atoms with E-state index in [1.807, 2.05) is 19.3 Å². The Hall–Kier alpha value is -2.08. The topological polar surface area (TPSA) is 64.3 Å². The summed E-state index contributed by atoms with van der Waals surface area (Å²) in [5.41, 5.74) is 0.752. The van der Waals surface area contributed by atoms with Crippen molar-refractivity contribution in [3.8, 4) is 5.75 Å². The highest BCUT2D eigenvalue weighted by molar-refractivity contribution is 7.20. The van der Waals surface area contributed by atoms with E-state index < -0.39 is 5.97 Å². The molecule has 92 valence electrons. The Morgan fingerprint density at radius 1 is 1.44 bits per heavy atom. The largest absolute Gasteiger partial charge is 0.494 e. The summed E-state index contributed by atoms with van der Waals surface area (Å²) in [6.45, 7) is 0. The predicted octanol–water partition coefficient (Wildman–Crippen LogP) is 2.49. The number of carboxylic acid groups (broad SMARTS) is 1. The lowest BCUT2D eigenvalue weighted by atomic mass is 10.1. The number of hydrogen-bond donors (Lipinski definition) is 1. The standard InChI is InChI=1S/C12H10N2O3S/c1-14-5-7-6-3-10(12(15)16)18-9(6)4-8(17-2)11(7)13-14/h3-5H,1-2H3,(H,15,16). The van der Waals surface area contributed by atoms with Crippen LogP contribution in [0.4, 0.5) is 0 Å². The van der Waals surface area contributed by atoms with Crippen LogP contribution >= 0.6 is 11.3 Å². The smallest absolute Gasteiger partial charge is 0.345 e. The number of carboxylic acids is 1. The highest BCUT2D eigenvalue weighted by Gasteiger charge is 2.15. The molecule has 1 N–H and O–H groups in total. The number of carbonyl (C=O) groups is 1. The SMILES string of the molecule is COc1cc2sc(C(=O)O)cc2c2cn(C)nc12. The third kappa shape index (κ3) is 1.46. The Kier molecular flexibility index (Phi) is 2.27. The molecule has 0 bridgehead atoms. The average molecular weight is 262 g/mol. The summed E-state index contributed by atoms with van der Waals surface area (Å²) in [6.07, 6.45) is 1.87. The summed E-state index contributed by atoms with van der Waals surface area (Å²) < 4.78 is 7.89. The van der Waals surface area contributed by atoms with Crippen LogP contribution < -0.4 is 4.74 Å². The Bertz CT molecular complexity index is 772. The van der Waals surface area contributed by atoms with Crippen LogP contribution in [-0.4, -0.2) is 28.0 Å². The molecular weight excluding hydrogens is 252 g/mol. The van der Waals surface area contributed by atoms with Crippen molar-refractivity contribution in [2.75, 3.05) is 7.11 Å². The van der Waals surface area contributed by atoms with E-state index in [1.165, 1.54) is 11.3 Å². The third-order valence-corrected chi connectivity index (χ3v) is 3.88. The summed E-state index contributed by atoms with van der Waals surface area (Å²) in [4.78, 5) is 11.3. The average Bonchev–Trinajstić information content (AvgIpc) is 2.89. The highest BCUT2D eigenvalue weighted by Crippen LogP contribution is 2.37. The molecule has 18 heavy (non-hydrogen) atoms. The first-order valence-electron chi connectivity index (χ1n) is 5.27. The Balaban J connectivity index is 2.46. The van der Waals surface area contributed by atoms with Crippen LogP contribution in [-0.2, 0) is 7.05 Å². The first kappa shape index (κ1) is 11.0. The van der Waals surface area contributed by atoms with Gasteiger partial charge >= 0.3 is 5.97 Å². The second-order valence-corrected chi connectivity index (χ2v) is 5.06. The molecule has 0 atom stereocenters. The summed E-state index contributed by atoms with van der Waals surface area (Å²) in [5.74, 6) is -0.246. The van der Waals surface area contributed by atoms with E-state index in [9.17, 15) is 4.79 Å². The lowest BCUT2D eigenvalue weighted by Gasteiger charge is -2.00. The molecule has 0 spiro atoms. The molecule has 0 aliphatic carbocycles. The summed E-state index contributed by atoms with van der Waals surface area (Å²) >= 11 is 1.24. The normalized spacial score (nSPS) is 11.2. The van der Waals surface area contributed by atoms with Gasteiger partial charge in [-0.25, -0.2) is 4.79 Å². The number of fused-ring (bicyclic) bond motifs is 3. The van der Waals surface area contributed by atoms with Crippen LogP contribution in [0.15, 0.2) is 18.3 Å². The lowest BCUT2D eigenvalue weighted by Crippen LogP contribution is -1.89. The molecule has 5 nitrogen and oxygen atoms in total. The molecule has 0 aliphatic rings. The third-order valence-electron chi connectivity index (χ3n) is 2.81. The van der Waals surface area contributed by atoms with Crippen LogP contribution in [0.1, 0.15) is 9.67 Å². The zero-order chi connectivity index (χ0) is 12.9. The van der Waals surface area contributed by atoms with E-state index in [2.05, 4.69) is 5.10 Å². The first-order chi connectivity index (χ1) is 8.60. The number of hydrogen-bond acceptors (Lipinski definition) is 4. The van der Waals surface area contributed by atoms with Crippen LogP contribution in [0.5, 0.6) is 5.75 Å². The number of aromatic nitrogens is 2. The van der Waals surface area contributed by atoms with Gasteiger partial charge in [0.05, 0.1) is 7.11 Å². The Morgan fingerprint density at radius 3 is 2.89 bits per heavy atom. The quantitative estimate of drug-likeness (QED) is 0.770. The fourth-order valence-electron chi connectivity index (χ4n) is 2.04. The van der Waals surface area contributed by atoms with Gasteiger partial charge < -0.3 is 9.84 Å². The first-order valence-corrected chi connectivity index (χ1v) is 6.09. The molecule has 0 saturated heterocycles. The number of nitrogens with zero attached hydrogens (tertiary/aromatic N) is 2. The van der Waals surface area contributed by atoms with Gasteiger partial charge in [0.15, 0.2) is 0 Å². The molecule has 0 unspecified atom stereocenters. The van der Waals surface area contributed by atoms with Crippen molar-refractivity contribution in [3.05, 3.63) is 23.2 Å². The van der Waals surface area contributed by atoms with E-state index in [-0.39, 0.29) is 0 Å². The number of methoxy groups -OCH3 is 1. The fourth-order valence-corrected chi connectivity index (χ4v) is 2.98. The van der Waals surface area contributed by atoms with Crippen molar-refractivity contribution in [1.29, 1.82) is 0 Å². The summed E-state index contributed by atoms with van der Waals surface area (Å²) in [7, 11) is 3.41. The maximum Gasteiger partial charge on any atom is 0.345 e. The van der Waals surface area contributed by atoms with Crippen molar-refractivity contribution in [1.82, 2.24) is 9.78 Å². The maximum absolute atomic E-state index is 11.0. The fraction of sp³-hybridized carbons (Fsp3) is 0.167. The van der Waals surface area contributed by atoms with Gasteiger partial charge in [-0.3, -0.25) is 4.68 Å². The van der Waals surface area contributed by atoms with Gasteiger partial charge in [0.1, 0.15) is 16.1 Å². The monoisotopic (exact) mass is 262 g/mol. The minimum absolute atomic E-state index is 0.323. The van der Waals surface area contributed by atoms with E-state index in [4.69, 9.17) is 9.84 Å². The molecular formula is C12H10N2O3S. The van der Waals surface area contributed by atoms with Gasteiger partial charge in [-0.2, -0.15) is 5.10 Å². The molecule has 2 heterocycles. The van der Waals surface area contributed by atoms with Gasteiger partial charge in [0, 0.05) is 34.8 Å². The van der Waals surface area contributed by atoms with E-state index in [1.54, 1.807) is 17.9 Å².